The Balaban J connectivity index is 2.94. The Morgan fingerprint density at radius 3 is 2.86 bits per heavy atom. The van der Waals surface area contributed by atoms with Gasteiger partial charge in [-0.25, -0.2) is 0 Å². The van der Waals surface area contributed by atoms with Crippen LogP contribution >= 0.6 is 27.5 Å². The molecule has 0 aliphatic rings. The maximum absolute atomic E-state index is 6.06. The van der Waals surface area contributed by atoms with E-state index in [1.54, 1.807) is 6.20 Å². The van der Waals surface area contributed by atoms with Crippen molar-refractivity contribution in [1.82, 2.24) is 4.98 Å². The molecule has 0 saturated carbocycles. The predicted molar refractivity (Wildman–Crippen MR) is 63.6 cm³/mol. The standard InChI is InChI=1S/C10H8BrClN2/c1-5-2-3-6-9(12)7(13)4-14-10(6)8(5)11/h2-4H,13H2,1H3. The summed E-state index contributed by atoms with van der Waals surface area (Å²) < 4.78 is 0.969. The average molecular weight is 272 g/mol. The first-order chi connectivity index (χ1) is 6.61. The fourth-order valence-corrected chi connectivity index (χ4v) is 1.96. The summed E-state index contributed by atoms with van der Waals surface area (Å²) in [4.78, 5) is 4.25. The van der Waals surface area contributed by atoms with E-state index in [9.17, 15) is 0 Å². The molecule has 2 aromatic rings. The predicted octanol–water partition coefficient (Wildman–Crippen LogP) is 3.54. The monoisotopic (exact) mass is 270 g/mol. The van der Waals surface area contributed by atoms with Crippen LogP contribution in [0.15, 0.2) is 22.8 Å². The summed E-state index contributed by atoms with van der Waals surface area (Å²) in [7, 11) is 0. The molecule has 2 rings (SSSR count). The Hall–Kier alpha value is -0.800. The molecule has 72 valence electrons. The third kappa shape index (κ3) is 1.37. The number of nitrogens with two attached hydrogens (primary N) is 1. The Morgan fingerprint density at radius 2 is 2.14 bits per heavy atom. The van der Waals surface area contributed by atoms with Crippen LogP contribution in [0.2, 0.25) is 5.02 Å². The van der Waals surface area contributed by atoms with E-state index in [4.69, 9.17) is 17.3 Å². The van der Waals surface area contributed by atoms with Gasteiger partial charge in [-0.3, -0.25) is 4.98 Å². The highest BCUT2D eigenvalue weighted by molar-refractivity contribution is 9.10. The topological polar surface area (TPSA) is 38.9 Å². The molecule has 2 nitrogen and oxygen atoms in total. The molecule has 1 aromatic heterocycles. The fraction of sp³-hybridized carbons (Fsp3) is 0.100. The van der Waals surface area contributed by atoms with Gasteiger partial charge in [-0.15, -0.1) is 0 Å². The van der Waals surface area contributed by atoms with Crippen molar-refractivity contribution in [3.8, 4) is 0 Å². The van der Waals surface area contributed by atoms with Crippen LogP contribution in [-0.2, 0) is 0 Å². The van der Waals surface area contributed by atoms with E-state index < -0.39 is 0 Å². The van der Waals surface area contributed by atoms with Gasteiger partial charge in [0.05, 0.1) is 22.4 Å². The van der Waals surface area contributed by atoms with Crippen LogP contribution in [0.4, 0.5) is 5.69 Å². The van der Waals surface area contributed by atoms with Gasteiger partial charge in [0.15, 0.2) is 0 Å². The number of nitrogen functional groups attached to an aromatic ring is 1. The summed E-state index contributed by atoms with van der Waals surface area (Å²) in [6, 6.07) is 3.92. The molecule has 1 aromatic carbocycles. The van der Waals surface area contributed by atoms with Crippen LogP contribution < -0.4 is 5.73 Å². The Kier molecular flexibility index (Phi) is 2.37. The highest BCUT2D eigenvalue weighted by Gasteiger charge is 2.08. The van der Waals surface area contributed by atoms with Gasteiger partial charge in [-0.1, -0.05) is 23.7 Å². The first kappa shape index (κ1) is 9.74. The van der Waals surface area contributed by atoms with Crippen LogP contribution in [0.25, 0.3) is 10.9 Å². The van der Waals surface area contributed by atoms with E-state index >= 15 is 0 Å². The van der Waals surface area contributed by atoms with Gasteiger partial charge < -0.3 is 5.73 Å². The summed E-state index contributed by atoms with van der Waals surface area (Å²) in [6.07, 6.45) is 1.58. The molecular weight excluding hydrogens is 263 g/mol. The number of fused-ring (bicyclic) bond motifs is 1. The van der Waals surface area contributed by atoms with Crippen molar-refractivity contribution in [3.63, 3.8) is 0 Å². The maximum Gasteiger partial charge on any atom is 0.0863 e. The van der Waals surface area contributed by atoms with Gasteiger partial charge in [-0.05, 0) is 28.4 Å². The van der Waals surface area contributed by atoms with Crippen molar-refractivity contribution < 1.29 is 0 Å². The van der Waals surface area contributed by atoms with Gasteiger partial charge in [-0.2, -0.15) is 0 Å². The molecule has 1 heterocycles. The lowest BCUT2D eigenvalue weighted by Gasteiger charge is -2.06. The summed E-state index contributed by atoms with van der Waals surface area (Å²) in [5.74, 6) is 0. The minimum Gasteiger partial charge on any atom is -0.396 e. The van der Waals surface area contributed by atoms with Crippen LogP contribution in [0.5, 0.6) is 0 Å². The molecule has 0 radical (unpaired) electrons. The lowest BCUT2D eigenvalue weighted by Crippen LogP contribution is -1.91. The molecule has 0 aliphatic carbocycles. The number of aromatic nitrogens is 1. The zero-order valence-corrected chi connectivity index (χ0v) is 9.85. The summed E-state index contributed by atoms with van der Waals surface area (Å²) in [5, 5.41) is 1.44. The van der Waals surface area contributed by atoms with Gasteiger partial charge in [0, 0.05) is 9.86 Å². The largest absolute Gasteiger partial charge is 0.396 e. The Bertz CT molecular complexity index is 464. The number of nitrogens with zero attached hydrogens (tertiary/aromatic N) is 1. The smallest absolute Gasteiger partial charge is 0.0863 e. The van der Waals surface area contributed by atoms with Crippen molar-refractivity contribution >= 4 is 44.1 Å². The number of aryl methyl sites for hydroxylation is 1. The van der Waals surface area contributed by atoms with Crippen molar-refractivity contribution in [3.05, 3.63) is 33.4 Å². The van der Waals surface area contributed by atoms with Gasteiger partial charge in [0.2, 0.25) is 0 Å². The van der Waals surface area contributed by atoms with E-state index in [-0.39, 0.29) is 0 Å². The van der Waals surface area contributed by atoms with Crippen LogP contribution in [0.3, 0.4) is 0 Å². The zero-order valence-electron chi connectivity index (χ0n) is 7.51. The third-order valence-electron chi connectivity index (χ3n) is 2.13. The fourth-order valence-electron chi connectivity index (χ4n) is 1.32. The number of hydrogen-bond acceptors (Lipinski definition) is 2. The maximum atomic E-state index is 6.06. The molecule has 0 atom stereocenters. The van der Waals surface area contributed by atoms with Gasteiger partial charge in [0.25, 0.3) is 0 Å². The molecule has 0 saturated heterocycles. The SMILES string of the molecule is Cc1ccc2c(Cl)c(N)cnc2c1Br. The Labute approximate surface area is 95.2 Å². The molecular formula is C10H8BrClN2. The lowest BCUT2D eigenvalue weighted by molar-refractivity contribution is 1.37. The molecule has 14 heavy (non-hydrogen) atoms. The highest BCUT2D eigenvalue weighted by atomic mass is 79.9. The molecule has 0 amide bonds. The minimum absolute atomic E-state index is 0.509. The number of hydrogen-bond donors (Lipinski definition) is 1. The molecule has 0 spiro atoms. The van der Waals surface area contributed by atoms with Gasteiger partial charge in [0.1, 0.15) is 0 Å². The van der Waals surface area contributed by atoms with E-state index in [1.807, 2.05) is 19.1 Å². The van der Waals surface area contributed by atoms with Gasteiger partial charge >= 0.3 is 0 Å². The first-order valence-electron chi connectivity index (χ1n) is 4.10. The second kappa shape index (κ2) is 3.41. The molecule has 2 N–H and O–H groups in total. The van der Waals surface area contributed by atoms with E-state index in [0.717, 1.165) is 20.9 Å². The number of benzene rings is 1. The van der Waals surface area contributed by atoms with Crippen LogP contribution in [0.1, 0.15) is 5.56 Å². The Morgan fingerprint density at radius 1 is 1.43 bits per heavy atom. The van der Waals surface area contributed by atoms with Crippen LogP contribution in [0, 0.1) is 6.92 Å². The van der Waals surface area contributed by atoms with Crippen molar-refractivity contribution in [2.24, 2.45) is 0 Å². The van der Waals surface area contributed by atoms with Crippen LogP contribution in [-0.4, -0.2) is 4.98 Å². The van der Waals surface area contributed by atoms with Crippen molar-refractivity contribution in [2.75, 3.05) is 5.73 Å². The number of rotatable bonds is 0. The summed E-state index contributed by atoms with van der Waals surface area (Å²) in [6.45, 7) is 2.01. The first-order valence-corrected chi connectivity index (χ1v) is 5.27. The molecule has 4 heteroatoms. The molecule has 0 aliphatic heterocycles. The second-order valence-corrected chi connectivity index (χ2v) is 4.29. The normalized spacial score (nSPS) is 10.8. The summed E-state index contributed by atoms with van der Waals surface area (Å²) in [5.41, 5.74) is 8.15. The van der Waals surface area contributed by atoms with Crippen molar-refractivity contribution in [2.45, 2.75) is 6.92 Å². The van der Waals surface area contributed by atoms with E-state index in [0.29, 0.717) is 10.7 Å². The highest BCUT2D eigenvalue weighted by Crippen LogP contribution is 2.32. The number of pyridine rings is 1. The minimum atomic E-state index is 0.509. The lowest BCUT2D eigenvalue weighted by atomic mass is 10.1. The summed E-state index contributed by atoms with van der Waals surface area (Å²) >= 11 is 9.54. The average Bonchev–Trinajstić information content (AvgIpc) is 2.17. The third-order valence-corrected chi connectivity index (χ3v) is 3.55. The second-order valence-electron chi connectivity index (χ2n) is 3.12. The number of halogens is 2. The van der Waals surface area contributed by atoms with Crippen molar-refractivity contribution in [1.29, 1.82) is 0 Å². The molecule has 0 bridgehead atoms. The molecule has 0 unspecified atom stereocenters. The zero-order chi connectivity index (χ0) is 10.3. The van der Waals surface area contributed by atoms with E-state index in [1.165, 1.54) is 0 Å². The van der Waals surface area contributed by atoms with E-state index in [2.05, 4.69) is 20.9 Å². The quantitative estimate of drug-likeness (QED) is 0.796. The number of anilines is 1. The molecule has 0 fully saturated rings.